The molecule has 4 nitrogen and oxygen atoms in total. The molecule has 0 amide bonds. The van der Waals surface area contributed by atoms with E-state index in [0.717, 1.165) is 19.4 Å². The molecule has 0 aliphatic carbocycles. The summed E-state index contributed by atoms with van der Waals surface area (Å²) in [5.74, 6) is 0. The molecule has 0 bridgehead atoms. The predicted octanol–water partition coefficient (Wildman–Crippen LogP) is 0.686. The SMILES string of the molecule is CC(O)CC(C)(C)O.OCC1CCCO1. The van der Waals surface area contributed by atoms with Crippen LogP contribution in [0.2, 0.25) is 0 Å². The van der Waals surface area contributed by atoms with Crippen LogP contribution in [0.1, 0.15) is 40.0 Å². The van der Waals surface area contributed by atoms with Crippen molar-refractivity contribution in [3.63, 3.8) is 0 Å². The molecule has 1 aliphatic heterocycles. The highest BCUT2D eigenvalue weighted by Gasteiger charge is 2.14. The molecule has 1 saturated heterocycles. The Morgan fingerprint density at radius 2 is 2.07 bits per heavy atom. The van der Waals surface area contributed by atoms with E-state index in [4.69, 9.17) is 20.1 Å². The van der Waals surface area contributed by atoms with Gasteiger partial charge in [0, 0.05) is 13.0 Å². The zero-order valence-electron chi connectivity index (χ0n) is 9.94. The second-order valence-corrected chi connectivity index (χ2v) is 4.68. The summed E-state index contributed by atoms with van der Waals surface area (Å²) in [5.41, 5.74) is -0.728. The van der Waals surface area contributed by atoms with Gasteiger partial charge < -0.3 is 20.1 Å². The maximum atomic E-state index is 9.03. The van der Waals surface area contributed by atoms with E-state index >= 15 is 0 Å². The van der Waals surface area contributed by atoms with Gasteiger partial charge in [-0.05, 0) is 33.6 Å². The van der Waals surface area contributed by atoms with Crippen LogP contribution in [-0.4, -0.2) is 46.3 Å². The average molecular weight is 220 g/mol. The Morgan fingerprint density at radius 1 is 1.47 bits per heavy atom. The maximum absolute atomic E-state index is 9.03. The van der Waals surface area contributed by atoms with Gasteiger partial charge in [-0.25, -0.2) is 0 Å². The fourth-order valence-corrected chi connectivity index (χ4v) is 1.51. The quantitative estimate of drug-likeness (QED) is 0.654. The molecule has 0 aromatic carbocycles. The van der Waals surface area contributed by atoms with Crippen LogP contribution in [0.15, 0.2) is 0 Å². The van der Waals surface area contributed by atoms with Crippen LogP contribution < -0.4 is 0 Å². The zero-order chi connectivity index (χ0) is 11.9. The topological polar surface area (TPSA) is 69.9 Å². The van der Waals surface area contributed by atoms with Crippen LogP contribution in [0, 0.1) is 0 Å². The van der Waals surface area contributed by atoms with Crippen LogP contribution in [-0.2, 0) is 4.74 Å². The van der Waals surface area contributed by atoms with E-state index in [-0.39, 0.29) is 12.7 Å². The molecular weight excluding hydrogens is 196 g/mol. The molecule has 0 aromatic heterocycles. The molecule has 1 aliphatic rings. The molecule has 15 heavy (non-hydrogen) atoms. The van der Waals surface area contributed by atoms with Gasteiger partial charge in [0.2, 0.25) is 0 Å². The Labute approximate surface area is 91.9 Å². The van der Waals surface area contributed by atoms with E-state index < -0.39 is 11.7 Å². The lowest BCUT2D eigenvalue weighted by Gasteiger charge is -2.17. The highest BCUT2D eigenvalue weighted by Crippen LogP contribution is 2.10. The van der Waals surface area contributed by atoms with Crippen molar-refractivity contribution in [2.75, 3.05) is 13.2 Å². The maximum Gasteiger partial charge on any atom is 0.0806 e. The van der Waals surface area contributed by atoms with Gasteiger partial charge >= 0.3 is 0 Å². The Balaban J connectivity index is 0.000000262. The molecule has 1 heterocycles. The summed E-state index contributed by atoms with van der Waals surface area (Å²) in [5, 5.41) is 26.2. The third-order valence-corrected chi connectivity index (χ3v) is 2.02. The lowest BCUT2D eigenvalue weighted by atomic mass is 10.0. The van der Waals surface area contributed by atoms with Gasteiger partial charge in [-0.3, -0.25) is 0 Å². The van der Waals surface area contributed by atoms with Crippen molar-refractivity contribution in [2.24, 2.45) is 0 Å². The predicted molar refractivity (Wildman–Crippen MR) is 58.7 cm³/mol. The van der Waals surface area contributed by atoms with Gasteiger partial charge in [-0.2, -0.15) is 0 Å². The van der Waals surface area contributed by atoms with Crippen LogP contribution in [0.25, 0.3) is 0 Å². The summed E-state index contributed by atoms with van der Waals surface area (Å²) in [6.45, 7) is 6.06. The van der Waals surface area contributed by atoms with Crippen molar-refractivity contribution in [1.82, 2.24) is 0 Å². The minimum absolute atomic E-state index is 0.153. The number of hydrogen-bond donors (Lipinski definition) is 3. The monoisotopic (exact) mass is 220 g/mol. The van der Waals surface area contributed by atoms with E-state index in [1.807, 2.05) is 0 Å². The third kappa shape index (κ3) is 10.1. The molecule has 2 unspecified atom stereocenters. The number of rotatable bonds is 3. The summed E-state index contributed by atoms with van der Waals surface area (Å²) in [6.07, 6.45) is 2.34. The van der Waals surface area contributed by atoms with E-state index in [9.17, 15) is 0 Å². The molecule has 3 N–H and O–H groups in total. The average Bonchev–Trinajstić information content (AvgIpc) is 2.51. The fraction of sp³-hybridized carbons (Fsp3) is 1.00. The van der Waals surface area contributed by atoms with E-state index in [1.54, 1.807) is 20.8 Å². The standard InChI is InChI=1S/C6H14O2.C5H10O2/c1-5(7)4-6(2,3)8;6-4-5-2-1-3-7-5/h5,7-8H,4H2,1-3H3;5-6H,1-4H2. The molecule has 0 spiro atoms. The van der Waals surface area contributed by atoms with Gasteiger partial charge in [0.15, 0.2) is 0 Å². The van der Waals surface area contributed by atoms with Gasteiger partial charge in [-0.1, -0.05) is 0 Å². The second kappa shape index (κ2) is 7.17. The van der Waals surface area contributed by atoms with Crippen LogP contribution >= 0.6 is 0 Å². The van der Waals surface area contributed by atoms with Gasteiger partial charge in [-0.15, -0.1) is 0 Å². The van der Waals surface area contributed by atoms with E-state index in [1.165, 1.54) is 0 Å². The molecule has 1 rings (SSSR count). The van der Waals surface area contributed by atoms with E-state index in [2.05, 4.69) is 0 Å². The van der Waals surface area contributed by atoms with Crippen molar-refractivity contribution < 1.29 is 20.1 Å². The van der Waals surface area contributed by atoms with Crippen molar-refractivity contribution in [2.45, 2.75) is 57.8 Å². The van der Waals surface area contributed by atoms with Crippen LogP contribution in [0.4, 0.5) is 0 Å². The summed E-state index contributed by atoms with van der Waals surface area (Å²) in [7, 11) is 0. The highest BCUT2D eigenvalue weighted by molar-refractivity contribution is 4.67. The Kier molecular flexibility index (Phi) is 7.09. The summed E-state index contributed by atoms with van der Waals surface area (Å²) in [4.78, 5) is 0. The van der Waals surface area contributed by atoms with Crippen LogP contribution in [0.3, 0.4) is 0 Å². The number of hydrogen-bond acceptors (Lipinski definition) is 4. The van der Waals surface area contributed by atoms with Crippen molar-refractivity contribution in [1.29, 1.82) is 0 Å². The van der Waals surface area contributed by atoms with Crippen LogP contribution in [0.5, 0.6) is 0 Å². The third-order valence-electron chi connectivity index (χ3n) is 2.02. The number of aliphatic hydroxyl groups excluding tert-OH is 2. The summed E-state index contributed by atoms with van der Waals surface area (Å²) >= 11 is 0. The lowest BCUT2D eigenvalue weighted by Crippen LogP contribution is -2.24. The molecule has 4 heteroatoms. The van der Waals surface area contributed by atoms with Gasteiger partial charge in [0.25, 0.3) is 0 Å². The fourth-order valence-electron chi connectivity index (χ4n) is 1.51. The zero-order valence-corrected chi connectivity index (χ0v) is 9.94. The van der Waals surface area contributed by atoms with Crippen molar-refractivity contribution in [3.05, 3.63) is 0 Å². The van der Waals surface area contributed by atoms with Crippen molar-refractivity contribution in [3.8, 4) is 0 Å². The molecule has 0 aromatic rings. The van der Waals surface area contributed by atoms with Gasteiger partial charge in [0.1, 0.15) is 0 Å². The molecule has 0 radical (unpaired) electrons. The Hall–Kier alpha value is -0.160. The first-order chi connectivity index (χ1) is 6.85. The second-order valence-electron chi connectivity index (χ2n) is 4.68. The van der Waals surface area contributed by atoms with Crippen molar-refractivity contribution >= 4 is 0 Å². The first kappa shape index (κ1) is 14.8. The largest absolute Gasteiger partial charge is 0.394 e. The minimum atomic E-state index is -0.728. The molecular formula is C11H24O4. The Morgan fingerprint density at radius 3 is 2.20 bits per heavy atom. The van der Waals surface area contributed by atoms with Gasteiger partial charge in [0.05, 0.1) is 24.4 Å². The summed E-state index contributed by atoms with van der Waals surface area (Å²) < 4.78 is 5.05. The summed E-state index contributed by atoms with van der Waals surface area (Å²) in [6, 6.07) is 0. The normalized spacial score (nSPS) is 23.2. The Bertz CT molecular complexity index is 145. The highest BCUT2D eigenvalue weighted by atomic mass is 16.5. The molecule has 1 fully saturated rings. The van der Waals surface area contributed by atoms with E-state index in [0.29, 0.717) is 6.42 Å². The molecule has 2 atom stereocenters. The number of ether oxygens (including phenoxy) is 1. The molecule has 0 saturated carbocycles. The first-order valence-corrected chi connectivity index (χ1v) is 5.48. The molecule has 92 valence electrons. The first-order valence-electron chi connectivity index (χ1n) is 5.48. The number of aliphatic hydroxyl groups is 3. The smallest absolute Gasteiger partial charge is 0.0806 e. The minimum Gasteiger partial charge on any atom is -0.394 e. The lowest BCUT2D eigenvalue weighted by molar-refractivity contribution is 0.0249.